The Morgan fingerprint density at radius 3 is 2.55 bits per heavy atom. The zero-order valence-electron chi connectivity index (χ0n) is 11.3. The van der Waals surface area contributed by atoms with Gasteiger partial charge in [-0.1, -0.05) is 11.6 Å². The van der Waals surface area contributed by atoms with E-state index in [1.54, 1.807) is 6.92 Å². The molecule has 0 atom stereocenters. The van der Waals surface area contributed by atoms with Crippen molar-refractivity contribution in [3.8, 4) is 5.75 Å². The first-order valence-corrected chi connectivity index (χ1v) is 6.56. The van der Waals surface area contributed by atoms with Crippen LogP contribution in [-0.2, 0) is 6.54 Å². The summed E-state index contributed by atoms with van der Waals surface area (Å²) in [4.78, 5) is 12.1. The van der Waals surface area contributed by atoms with Crippen molar-refractivity contribution in [2.75, 3.05) is 5.32 Å². The lowest BCUT2D eigenvalue weighted by molar-refractivity contribution is -0.274. The summed E-state index contributed by atoms with van der Waals surface area (Å²) >= 11 is 5.89. The van der Waals surface area contributed by atoms with E-state index in [9.17, 15) is 18.0 Å². The number of amides is 1. The maximum atomic E-state index is 12.1. The van der Waals surface area contributed by atoms with Crippen LogP contribution in [0, 0.1) is 0 Å². The molecule has 1 aromatic carbocycles. The predicted molar refractivity (Wildman–Crippen MR) is 74.0 cm³/mol. The Kier molecular flexibility index (Phi) is 4.60. The highest BCUT2D eigenvalue weighted by Gasteiger charge is 2.31. The highest BCUT2D eigenvalue weighted by atomic mass is 35.5. The average Bonchev–Trinajstić information content (AvgIpc) is 2.80. The zero-order valence-corrected chi connectivity index (χ0v) is 12.1. The molecule has 0 saturated heterocycles. The highest BCUT2D eigenvalue weighted by molar-refractivity contribution is 6.34. The van der Waals surface area contributed by atoms with Gasteiger partial charge >= 0.3 is 6.36 Å². The number of aromatic nitrogens is 2. The Morgan fingerprint density at radius 1 is 1.36 bits per heavy atom. The minimum atomic E-state index is -4.76. The third-order valence-electron chi connectivity index (χ3n) is 2.66. The molecule has 0 spiro atoms. The number of halogens is 4. The second-order valence-electron chi connectivity index (χ2n) is 4.18. The van der Waals surface area contributed by atoms with Gasteiger partial charge in [-0.25, -0.2) is 0 Å². The Hall–Kier alpha value is -2.22. The molecule has 0 fully saturated rings. The normalized spacial score (nSPS) is 11.3. The van der Waals surface area contributed by atoms with Crippen molar-refractivity contribution >= 4 is 23.2 Å². The van der Waals surface area contributed by atoms with Crippen LogP contribution in [0.4, 0.5) is 18.9 Å². The van der Waals surface area contributed by atoms with Gasteiger partial charge in [-0.2, -0.15) is 5.10 Å². The fraction of sp³-hybridized carbons (Fsp3) is 0.231. The highest BCUT2D eigenvalue weighted by Crippen LogP contribution is 2.24. The van der Waals surface area contributed by atoms with Crippen molar-refractivity contribution in [3.05, 3.63) is 41.2 Å². The molecule has 1 aromatic heterocycles. The number of benzene rings is 1. The number of hydrogen-bond acceptors (Lipinski definition) is 3. The second kappa shape index (κ2) is 6.27. The molecule has 0 saturated carbocycles. The number of anilines is 1. The summed E-state index contributed by atoms with van der Waals surface area (Å²) in [6.07, 6.45) is -3.41. The van der Waals surface area contributed by atoms with Crippen molar-refractivity contribution in [3.63, 3.8) is 0 Å². The lowest BCUT2D eigenvalue weighted by Crippen LogP contribution is -2.18. The molecule has 1 heterocycles. The van der Waals surface area contributed by atoms with Gasteiger partial charge in [0.25, 0.3) is 5.91 Å². The monoisotopic (exact) mass is 333 g/mol. The molecule has 2 rings (SSSR count). The largest absolute Gasteiger partial charge is 0.573 e. The van der Waals surface area contributed by atoms with E-state index in [2.05, 4.69) is 15.2 Å². The summed E-state index contributed by atoms with van der Waals surface area (Å²) in [5, 5.41) is 6.65. The van der Waals surface area contributed by atoms with Gasteiger partial charge in [0.15, 0.2) is 0 Å². The van der Waals surface area contributed by atoms with E-state index in [0.717, 1.165) is 12.1 Å². The molecule has 1 N–H and O–H groups in total. The number of nitrogens with zero attached hydrogens (tertiary/aromatic N) is 2. The van der Waals surface area contributed by atoms with Gasteiger partial charge in [0.1, 0.15) is 11.4 Å². The molecule has 2 aromatic rings. The molecular weight excluding hydrogens is 323 g/mol. The summed E-state index contributed by atoms with van der Waals surface area (Å²) in [5.41, 5.74) is 0.485. The van der Waals surface area contributed by atoms with Gasteiger partial charge in [-0.05, 0) is 31.2 Å². The lowest BCUT2D eigenvalue weighted by atomic mass is 10.3. The first kappa shape index (κ1) is 16.2. The van der Waals surface area contributed by atoms with E-state index in [1.807, 2.05) is 0 Å². The fourth-order valence-corrected chi connectivity index (χ4v) is 1.99. The molecule has 0 aliphatic heterocycles. The average molecular weight is 334 g/mol. The third kappa shape index (κ3) is 3.91. The summed E-state index contributed by atoms with van der Waals surface area (Å²) < 4.78 is 41.3. The third-order valence-corrected chi connectivity index (χ3v) is 2.93. The summed E-state index contributed by atoms with van der Waals surface area (Å²) in [7, 11) is 0. The van der Waals surface area contributed by atoms with Gasteiger partial charge in [-0.3, -0.25) is 9.48 Å². The summed E-state index contributed by atoms with van der Waals surface area (Å²) in [6.45, 7) is 2.25. The Labute approximate surface area is 128 Å². The second-order valence-corrected chi connectivity index (χ2v) is 4.59. The van der Waals surface area contributed by atoms with Crippen LogP contribution < -0.4 is 10.1 Å². The Bertz CT molecular complexity index is 668. The number of carbonyl (C=O) groups is 1. The quantitative estimate of drug-likeness (QED) is 0.928. The van der Waals surface area contributed by atoms with Crippen molar-refractivity contribution in [1.29, 1.82) is 0 Å². The van der Waals surface area contributed by atoms with Crippen LogP contribution in [0.5, 0.6) is 5.75 Å². The van der Waals surface area contributed by atoms with E-state index in [1.165, 1.54) is 23.0 Å². The van der Waals surface area contributed by atoms with Gasteiger partial charge in [0, 0.05) is 12.2 Å². The van der Waals surface area contributed by atoms with Gasteiger partial charge in [0.2, 0.25) is 0 Å². The number of aryl methyl sites for hydroxylation is 1. The minimum absolute atomic E-state index is 0.180. The molecule has 1 amide bonds. The predicted octanol–water partition coefficient (Wildman–Crippen LogP) is 3.71. The number of hydrogen-bond donors (Lipinski definition) is 1. The molecule has 0 unspecified atom stereocenters. The number of rotatable bonds is 4. The Morgan fingerprint density at radius 2 is 2.00 bits per heavy atom. The van der Waals surface area contributed by atoms with E-state index < -0.39 is 12.3 Å². The first-order valence-electron chi connectivity index (χ1n) is 6.18. The van der Waals surface area contributed by atoms with E-state index in [4.69, 9.17) is 11.6 Å². The van der Waals surface area contributed by atoms with Crippen LogP contribution in [0.15, 0.2) is 30.5 Å². The number of nitrogens with one attached hydrogen (secondary N) is 1. The van der Waals surface area contributed by atoms with Crippen molar-refractivity contribution in [1.82, 2.24) is 9.78 Å². The number of ether oxygens (including phenoxy) is 1. The SMILES string of the molecule is CCn1ncc(Cl)c1C(=O)Nc1ccc(OC(F)(F)F)cc1. The standard InChI is InChI=1S/C13H11ClF3N3O2/c1-2-20-11(10(14)7-18-20)12(21)19-8-3-5-9(6-4-8)22-13(15,16)17/h3-7H,2H2,1H3,(H,19,21). The van der Waals surface area contributed by atoms with E-state index in [-0.39, 0.29) is 16.5 Å². The summed E-state index contributed by atoms with van der Waals surface area (Å²) in [5.74, 6) is -0.879. The first-order chi connectivity index (χ1) is 10.3. The number of carbonyl (C=O) groups excluding carboxylic acids is 1. The smallest absolute Gasteiger partial charge is 0.406 e. The maximum absolute atomic E-state index is 12.1. The zero-order chi connectivity index (χ0) is 16.3. The minimum Gasteiger partial charge on any atom is -0.406 e. The van der Waals surface area contributed by atoms with E-state index in [0.29, 0.717) is 12.2 Å². The van der Waals surface area contributed by atoms with Gasteiger partial charge < -0.3 is 10.1 Å². The fourth-order valence-electron chi connectivity index (χ4n) is 1.76. The van der Waals surface area contributed by atoms with Crippen LogP contribution in [0.1, 0.15) is 17.4 Å². The van der Waals surface area contributed by atoms with Gasteiger partial charge in [0.05, 0.1) is 11.2 Å². The molecule has 5 nitrogen and oxygen atoms in total. The topological polar surface area (TPSA) is 56.2 Å². The van der Waals surface area contributed by atoms with Crippen LogP contribution in [-0.4, -0.2) is 22.1 Å². The van der Waals surface area contributed by atoms with Crippen LogP contribution >= 0.6 is 11.6 Å². The van der Waals surface area contributed by atoms with Crippen LogP contribution in [0.3, 0.4) is 0 Å². The Balaban J connectivity index is 2.10. The molecular formula is C13H11ClF3N3O2. The van der Waals surface area contributed by atoms with Crippen molar-refractivity contribution < 1.29 is 22.7 Å². The molecule has 0 bridgehead atoms. The van der Waals surface area contributed by atoms with Crippen LogP contribution in [0.2, 0.25) is 5.02 Å². The molecule has 0 aliphatic rings. The summed E-state index contributed by atoms with van der Waals surface area (Å²) in [6, 6.07) is 4.78. The lowest BCUT2D eigenvalue weighted by Gasteiger charge is -2.10. The van der Waals surface area contributed by atoms with Crippen LogP contribution in [0.25, 0.3) is 0 Å². The molecule has 0 radical (unpaired) electrons. The molecule has 22 heavy (non-hydrogen) atoms. The maximum Gasteiger partial charge on any atom is 0.573 e. The molecule has 0 aliphatic carbocycles. The molecule has 118 valence electrons. The van der Waals surface area contributed by atoms with Gasteiger partial charge in [-0.15, -0.1) is 13.2 Å². The number of alkyl halides is 3. The van der Waals surface area contributed by atoms with Crippen molar-refractivity contribution in [2.24, 2.45) is 0 Å². The van der Waals surface area contributed by atoms with E-state index >= 15 is 0 Å². The molecule has 9 heteroatoms. The van der Waals surface area contributed by atoms with Crippen molar-refractivity contribution in [2.45, 2.75) is 19.8 Å².